The molecule has 1 aromatic carbocycles. The van der Waals surface area contributed by atoms with Crippen LogP contribution in [0.15, 0.2) is 36.4 Å². The van der Waals surface area contributed by atoms with Crippen molar-refractivity contribution in [2.45, 2.75) is 25.3 Å². The van der Waals surface area contributed by atoms with Crippen LogP contribution in [0.5, 0.6) is 0 Å². The minimum atomic E-state index is -0.407. The Morgan fingerprint density at radius 2 is 2.05 bits per heavy atom. The Morgan fingerprint density at radius 1 is 1.26 bits per heavy atom. The van der Waals surface area contributed by atoms with Crippen molar-refractivity contribution in [1.29, 1.82) is 0 Å². The van der Waals surface area contributed by atoms with Crippen molar-refractivity contribution in [3.8, 4) is 0 Å². The lowest BCUT2D eigenvalue weighted by Gasteiger charge is -2.13. The fourth-order valence-electron chi connectivity index (χ4n) is 2.03. The van der Waals surface area contributed by atoms with Crippen molar-refractivity contribution < 1.29 is 9.59 Å². The van der Waals surface area contributed by atoms with Gasteiger partial charge >= 0.3 is 0 Å². The van der Waals surface area contributed by atoms with Gasteiger partial charge in [0.15, 0.2) is 0 Å². The normalized spacial score (nSPS) is 19.8. The first-order valence-corrected chi connectivity index (χ1v) is 6.57. The molecule has 2 rings (SSSR count). The summed E-state index contributed by atoms with van der Waals surface area (Å²) in [6.07, 6.45) is 5.83. The van der Waals surface area contributed by atoms with E-state index in [2.05, 4.69) is 10.6 Å². The van der Waals surface area contributed by atoms with E-state index in [1.54, 1.807) is 6.08 Å². The molecular formula is C15H18N2O2. The monoisotopic (exact) mass is 258 g/mol. The number of rotatable bonds is 3. The molecule has 0 bridgehead atoms. The average molecular weight is 258 g/mol. The fourth-order valence-corrected chi connectivity index (χ4v) is 2.03. The summed E-state index contributed by atoms with van der Waals surface area (Å²) in [5.74, 6) is -0.315. The van der Waals surface area contributed by atoms with E-state index in [1.807, 2.05) is 30.3 Å². The van der Waals surface area contributed by atoms with E-state index in [-0.39, 0.29) is 11.8 Å². The van der Waals surface area contributed by atoms with Gasteiger partial charge in [-0.2, -0.15) is 0 Å². The second kappa shape index (κ2) is 6.73. The average Bonchev–Trinajstić information content (AvgIpc) is 2.63. The Hall–Kier alpha value is -2.10. The summed E-state index contributed by atoms with van der Waals surface area (Å²) in [5, 5.41) is 5.54. The van der Waals surface area contributed by atoms with Gasteiger partial charge < -0.3 is 10.6 Å². The quantitative estimate of drug-likeness (QED) is 0.807. The van der Waals surface area contributed by atoms with Crippen LogP contribution in [0, 0.1) is 0 Å². The standard InChI is InChI=1S/C15H18N2O2/c18-14(10-9-12-6-2-1-3-7-12)17-13-8-4-5-11-16-15(13)19/h1-3,6-7,9-10,13H,4-5,8,11H2,(H,16,19)(H,17,18)/b10-9+. The van der Waals surface area contributed by atoms with Crippen LogP contribution in [0.2, 0.25) is 0 Å². The van der Waals surface area contributed by atoms with E-state index >= 15 is 0 Å². The summed E-state index contributed by atoms with van der Waals surface area (Å²) in [6.45, 7) is 0.699. The van der Waals surface area contributed by atoms with Crippen LogP contribution >= 0.6 is 0 Å². The third kappa shape index (κ3) is 4.25. The SMILES string of the molecule is O=C(/C=C/c1ccccc1)NC1CCCCNC1=O. The van der Waals surface area contributed by atoms with Crippen LogP contribution in [-0.2, 0) is 9.59 Å². The van der Waals surface area contributed by atoms with Crippen LogP contribution in [0.1, 0.15) is 24.8 Å². The highest BCUT2D eigenvalue weighted by Crippen LogP contribution is 2.06. The number of carbonyl (C=O) groups excluding carboxylic acids is 2. The molecule has 2 amide bonds. The summed E-state index contributed by atoms with van der Waals surface area (Å²) in [7, 11) is 0. The molecule has 0 spiro atoms. The lowest BCUT2D eigenvalue weighted by molar-refractivity contribution is -0.126. The third-order valence-electron chi connectivity index (χ3n) is 3.08. The van der Waals surface area contributed by atoms with E-state index < -0.39 is 6.04 Å². The lowest BCUT2D eigenvalue weighted by atomic mass is 10.1. The van der Waals surface area contributed by atoms with Gasteiger partial charge in [-0.05, 0) is 30.9 Å². The van der Waals surface area contributed by atoms with Gasteiger partial charge in [0.1, 0.15) is 6.04 Å². The minimum Gasteiger partial charge on any atom is -0.354 e. The zero-order valence-corrected chi connectivity index (χ0v) is 10.8. The predicted octanol–water partition coefficient (Wildman–Crippen LogP) is 1.48. The van der Waals surface area contributed by atoms with Crippen molar-refractivity contribution in [3.63, 3.8) is 0 Å². The maximum Gasteiger partial charge on any atom is 0.244 e. The van der Waals surface area contributed by atoms with Crippen molar-refractivity contribution in [2.24, 2.45) is 0 Å². The first kappa shape index (κ1) is 13.3. The Kier molecular flexibility index (Phi) is 4.72. The van der Waals surface area contributed by atoms with Crippen molar-refractivity contribution in [3.05, 3.63) is 42.0 Å². The second-order valence-electron chi connectivity index (χ2n) is 4.59. The molecule has 0 radical (unpaired) electrons. The molecule has 19 heavy (non-hydrogen) atoms. The Labute approximate surface area is 112 Å². The number of hydrogen-bond acceptors (Lipinski definition) is 2. The van der Waals surface area contributed by atoms with E-state index in [9.17, 15) is 9.59 Å². The molecule has 4 nitrogen and oxygen atoms in total. The molecule has 0 aliphatic carbocycles. The summed E-state index contributed by atoms with van der Waals surface area (Å²) >= 11 is 0. The predicted molar refractivity (Wildman–Crippen MR) is 74.3 cm³/mol. The van der Waals surface area contributed by atoms with Gasteiger partial charge in [0.05, 0.1) is 0 Å². The highest BCUT2D eigenvalue weighted by Gasteiger charge is 2.21. The van der Waals surface area contributed by atoms with E-state index in [0.29, 0.717) is 13.0 Å². The number of hydrogen-bond donors (Lipinski definition) is 2. The topological polar surface area (TPSA) is 58.2 Å². The Balaban J connectivity index is 1.90. The summed E-state index contributed by atoms with van der Waals surface area (Å²) in [6, 6.07) is 9.18. The molecule has 1 heterocycles. The molecule has 0 saturated carbocycles. The van der Waals surface area contributed by atoms with Crippen LogP contribution in [0.25, 0.3) is 6.08 Å². The molecule has 0 aromatic heterocycles. The third-order valence-corrected chi connectivity index (χ3v) is 3.08. The Bertz CT molecular complexity index is 468. The van der Waals surface area contributed by atoms with Crippen LogP contribution in [-0.4, -0.2) is 24.4 Å². The van der Waals surface area contributed by atoms with Crippen LogP contribution < -0.4 is 10.6 Å². The molecule has 1 fully saturated rings. The van der Waals surface area contributed by atoms with E-state index in [1.165, 1.54) is 6.08 Å². The van der Waals surface area contributed by atoms with Crippen molar-refractivity contribution in [1.82, 2.24) is 10.6 Å². The molecule has 1 atom stereocenters. The van der Waals surface area contributed by atoms with Gasteiger partial charge in [0, 0.05) is 12.6 Å². The van der Waals surface area contributed by atoms with Crippen molar-refractivity contribution in [2.75, 3.05) is 6.54 Å². The van der Waals surface area contributed by atoms with Crippen molar-refractivity contribution >= 4 is 17.9 Å². The maximum atomic E-state index is 11.8. The number of nitrogens with one attached hydrogen (secondary N) is 2. The molecular weight excluding hydrogens is 240 g/mol. The molecule has 1 unspecified atom stereocenters. The maximum absolute atomic E-state index is 11.8. The molecule has 100 valence electrons. The molecule has 1 aromatic rings. The van der Waals surface area contributed by atoms with Crippen LogP contribution in [0.4, 0.5) is 0 Å². The number of amides is 2. The van der Waals surface area contributed by atoms with Gasteiger partial charge in [-0.25, -0.2) is 0 Å². The van der Waals surface area contributed by atoms with Gasteiger partial charge in [-0.1, -0.05) is 30.3 Å². The number of carbonyl (C=O) groups is 2. The highest BCUT2D eigenvalue weighted by atomic mass is 16.2. The summed E-state index contributed by atoms with van der Waals surface area (Å²) < 4.78 is 0. The first-order valence-electron chi connectivity index (χ1n) is 6.57. The fraction of sp³-hybridized carbons (Fsp3) is 0.333. The number of benzene rings is 1. The molecule has 1 aliphatic rings. The zero-order chi connectivity index (χ0) is 13.5. The molecule has 2 N–H and O–H groups in total. The summed E-state index contributed by atoms with van der Waals surface area (Å²) in [4.78, 5) is 23.4. The second-order valence-corrected chi connectivity index (χ2v) is 4.59. The summed E-state index contributed by atoms with van der Waals surface area (Å²) in [5.41, 5.74) is 0.961. The first-order chi connectivity index (χ1) is 9.25. The van der Waals surface area contributed by atoms with Crippen LogP contribution in [0.3, 0.4) is 0 Å². The molecule has 1 aliphatic heterocycles. The minimum absolute atomic E-state index is 0.0843. The van der Waals surface area contributed by atoms with E-state index in [0.717, 1.165) is 18.4 Å². The van der Waals surface area contributed by atoms with E-state index in [4.69, 9.17) is 0 Å². The molecule has 1 saturated heterocycles. The highest BCUT2D eigenvalue weighted by molar-refractivity contribution is 5.95. The van der Waals surface area contributed by atoms with Gasteiger partial charge in [0.25, 0.3) is 0 Å². The molecule has 4 heteroatoms. The van der Waals surface area contributed by atoms with Gasteiger partial charge in [-0.15, -0.1) is 0 Å². The largest absolute Gasteiger partial charge is 0.354 e. The van der Waals surface area contributed by atoms with Gasteiger partial charge in [-0.3, -0.25) is 9.59 Å². The van der Waals surface area contributed by atoms with Gasteiger partial charge in [0.2, 0.25) is 11.8 Å². The zero-order valence-electron chi connectivity index (χ0n) is 10.8. The lowest BCUT2D eigenvalue weighted by Crippen LogP contribution is -2.44. The smallest absolute Gasteiger partial charge is 0.244 e. The Morgan fingerprint density at radius 3 is 2.84 bits per heavy atom.